The van der Waals surface area contributed by atoms with Gasteiger partial charge in [0.1, 0.15) is 5.82 Å². The molecule has 0 aliphatic heterocycles. The van der Waals surface area contributed by atoms with E-state index in [2.05, 4.69) is 9.97 Å². The number of fused-ring (bicyclic) bond motifs is 3. The first-order valence-electron chi connectivity index (χ1n) is 10.5. The minimum absolute atomic E-state index is 0. The van der Waals surface area contributed by atoms with E-state index in [1.807, 2.05) is 13.8 Å². The number of sulfonamides is 1. The van der Waals surface area contributed by atoms with Crippen molar-refractivity contribution in [2.24, 2.45) is 0 Å². The summed E-state index contributed by atoms with van der Waals surface area (Å²) in [6.07, 6.45) is -2.12. The van der Waals surface area contributed by atoms with E-state index in [0.29, 0.717) is 28.1 Å². The number of carbonyl (C=O) groups is 1. The van der Waals surface area contributed by atoms with Crippen molar-refractivity contribution in [1.82, 2.24) is 9.97 Å². The molecule has 9 nitrogen and oxygen atoms in total. The average molecular weight is 504 g/mol. The van der Waals surface area contributed by atoms with Gasteiger partial charge in [-0.3, -0.25) is 0 Å². The summed E-state index contributed by atoms with van der Waals surface area (Å²) in [6, 6.07) is 4.04. The third-order valence-electron chi connectivity index (χ3n) is 5.83. The Morgan fingerprint density at radius 1 is 1.29 bits per heavy atom. The fraction of sp³-hybridized carbons (Fsp3) is 0.500. The van der Waals surface area contributed by atoms with Crippen LogP contribution in [0.4, 0.5) is 10.3 Å². The summed E-state index contributed by atoms with van der Waals surface area (Å²) in [5, 5.41) is 31.7. The van der Waals surface area contributed by atoms with Crippen molar-refractivity contribution in [2.45, 2.75) is 57.2 Å². The molecule has 0 bridgehead atoms. The quantitative estimate of drug-likeness (QED) is 0.383. The molecule has 0 radical (unpaired) electrons. The molecule has 0 amide bonds. The van der Waals surface area contributed by atoms with E-state index in [1.165, 1.54) is 25.2 Å². The van der Waals surface area contributed by atoms with E-state index in [0.717, 1.165) is 10.6 Å². The average Bonchev–Trinajstić information content (AvgIpc) is 2.69. The number of anilines is 1. The van der Waals surface area contributed by atoms with E-state index >= 15 is 0 Å². The van der Waals surface area contributed by atoms with Gasteiger partial charge in [-0.25, -0.2) is 27.1 Å². The van der Waals surface area contributed by atoms with Gasteiger partial charge in [-0.2, -0.15) is 0 Å². The minimum Gasteiger partial charge on any atom is -0.550 e. The Labute approximate surface area is 220 Å². The van der Waals surface area contributed by atoms with Crippen molar-refractivity contribution in [1.29, 1.82) is 0 Å². The summed E-state index contributed by atoms with van der Waals surface area (Å²) in [5.74, 6) is -2.75. The maximum absolute atomic E-state index is 14.2. The molecule has 2 aromatic rings. The van der Waals surface area contributed by atoms with Gasteiger partial charge in [0.25, 0.3) is 0 Å². The second kappa shape index (κ2) is 11.0. The summed E-state index contributed by atoms with van der Waals surface area (Å²) < 4.78 is 39.3. The third-order valence-corrected chi connectivity index (χ3v) is 6.98. The summed E-state index contributed by atoms with van der Waals surface area (Å²) in [4.78, 5) is 19.8. The van der Waals surface area contributed by atoms with Crippen molar-refractivity contribution in [2.75, 3.05) is 17.6 Å². The molecule has 0 spiro atoms. The number of aliphatic hydroxyl groups is 2. The number of aromatic nitrogens is 2. The SMILES string of the molecule is CC(C)c1nc(N(C)S(C)(=O)=O)nc2c1CC([C@@H](O)C[C@@H](O)CC(=O)[O-])c1cc(F)ccc1-2.[Na+]. The Kier molecular flexibility index (Phi) is 9.22. The first-order chi connectivity index (χ1) is 15.3. The molecule has 1 aliphatic carbocycles. The molecular weight excluding hydrogens is 476 g/mol. The Hall–Kier alpha value is -1.63. The van der Waals surface area contributed by atoms with E-state index in [1.54, 1.807) is 0 Å². The number of aliphatic carboxylic acids is 1. The minimum atomic E-state index is -3.63. The van der Waals surface area contributed by atoms with Gasteiger partial charge in [-0.05, 0) is 36.1 Å². The number of rotatable bonds is 8. The fourth-order valence-electron chi connectivity index (χ4n) is 4.13. The van der Waals surface area contributed by atoms with Crippen LogP contribution < -0.4 is 39.0 Å². The van der Waals surface area contributed by atoms with Crippen LogP contribution in [0.5, 0.6) is 0 Å². The van der Waals surface area contributed by atoms with Crippen molar-refractivity contribution < 1.29 is 62.5 Å². The molecule has 1 aromatic heterocycles. The van der Waals surface area contributed by atoms with Crippen molar-refractivity contribution in [3.8, 4) is 11.3 Å². The van der Waals surface area contributed by atoms with E-state index < -0.39 is 46.4 Å². The Morgan fingerprint density at radius 2 is 1.94 bits per heavy atom. The normalized spacial score (nSPS) is 16.8. The van der Waals surface area contributed by atoms with Crippen molar-refractivity contribution in [3.63, 3.8) is 0 Å². The molecule has 180 valence electrons. The Bertz CT molecular complexity index is 1180. The smallest absolute Gasteiger partial charge is 0.550 e. The summed E-state index contributed by atoms with van der Waals surface area (Å²) >= 11 is 0. The maximum Gasteiger partial charge on any atom is 1.00 e. The third kappa shape index (κ3) is 6.13. The first kappa shape index (κ1) is 28.6. The fourth-order valence-corrected chi connectivity index (χ4v) is 4.51. The molecule has 2 N–H and O–H groups in total. The molecular formula is C22H27FN3NaO6S. The van der Waals surface area contributed by atoms with Crippen LogP contribution in [-0.4, -0.2) is 60.1 Å². The number of nitrogens with zero attached hydrogens (tertiary/aromatic N) is 3. The number of hydrogen-bond acceptors (Lipinski definition) is 8. The summed E-state index contributed by atoms with van der Waals surface area (Å²) in [6.45, 7) is 3.78. The van der Waals surface area contributed by atoms with Gasteiger partial charge in [0.05, 0.1) is 29.9 Å². The Morgan fingerprint density at radius 3 is 2.50 bits per heavy atom. The molecule has 0 saturated heterocycles. The first-order valence-corrected chi connectivity index (χ1v) is 12.3. The topological polar surface area (TPSA) is 144 Å². The van der Waals surface area contributed by atoms with Crippen molar-refractivity contribution >= 4 is 21.9 Å². The predicted octanol–water partition coefficient (Wildman–Crippen LogP) is -2.30. The monoisotopic (exact) mass is 503 g/mol. The maximum atomic E-state index is 14.2. The van der Waals surface area contributed by atoms with E-state index in [4.69, 9.17) is 0 Å². The summed E-state index contributed by atoms with van der Waals surface area (Å²) in [5.41, 5.74) is 2.69. The zero-order chi connectivity index (χ0) is 24.7. The van der Waals surface area contributed by atoms with Gasteiger partial charge >= 0.3 is 29.6 Å². The number of aliphatic hydroxyl groups excluding tert-OH is 2. The van der Waals surface area contributed by atoms with Gasteiger partial charge in [0.15, 0.2) is 0 Å². The van der Waals surface area contributed by atoms with Gasteiger partial charge in [-0.1, -0.05) is 13.8 Å². The number of halogens is 1. The molecule has 3 rings (SSSR count). The molecule has 0 saturated carbocycles. The number of carbonyl (C=O) groups excluding carboxylic acids is 1. The van der Waals surface area contributed by atoms with Crippen LogP contribution in [0, 0.1) is 5.82 Å². The van der Waals surface area contributed by atoms with Gasteiger partial charge < -0.3 is 20.1 Å². The second-order valence-corrected chi connectivity index (χ2v) is 10.7. The number of carboxylic acid groups (broad SMARTS) is 1. The van der Waals surface area contributed by atoms with Crippen molar-refractivity contribution in [3.05, 3.63) is 40.8 Å². The summed E-state index contributed by atoms with van der Waals surface area (Å²) in [7, 11) is -2.28. The van der Waals surface area contributed by atoms with Gasteiger partial charge in [-0.15, -0.1) is 0 Å². The van der Waals surface area contributed by atoms with Crippen LogP contribution in [0.3, 0.4) is 0 Å². The van der Waals surface area contributed by atoms with Gasteiger partial charge in [0.2, 0.25) is 16.0 Å². The second-order valence-electron chi connectivity index (χ2n) is 8.70. The molecule has 1 aromatic carbocycles. The molecule has 34 heavy (non-hydrogen) atoms. The molecule has 1 unspecified atom stereocenters. The molecule has 1 aliphatic rings. The Balaban J connectivity index is 0.00000408. The number of benzene rings is 1. The van der Waals surface area contributed by atoms with Crippen LogP contribution in [-0.2, 0) is 21.2 Å². The van der Waals surface area contributed by atoms with Crippen LogP contribution in [0.2, 0.25) is 0 Å². The van der Waals surface area contributed by atoms with Crippen LogP contribution >= 0.6 is 0 Å². The number of carboxylic acids is 1. The zero-order valence-corrected chi connectivity index (χ0v) is 22.6. The molecule has 1 heterocycles. The zero-order valence-electron chi connectivity index (χ0n) is 19.8. The van der Waals surface area contributed by atoms with E-state index in [9.17, 15) is 32.9 Å². The standard InChI is InChI=1S/C22H28FN3O6S.Na/c1-11(2)20-17-10-16(18(28)8-13(27)9-19(29)30)15-7-12(23)5-6-14(15)21(17)25-22(24-20)26(3)33(4,31)32;/h5-7,11,13,16,18,27-28H,8-10H2,1-4H3,(H,29,30);/q;+1/p-1/t13-,16?,18+;/m1./s1. The van der Waals surface area contributed by atoms with E-state index in [-0.39, 0.29) is 54.3 Å². The molecule has 12 heteroatoms. The van der Waals surface area contributed by atoms with Crippen LogP contribution in [0.25, 0.3) is 11.3 Å². The molecule has 0 fully saturated rings. The van der Waals surface area contributed by atoms with Crippen LogP contribution in [0.1, 0.15) is 55.3 Å². The van der Waals surface area contributed by atoms with Gasteiger partial charge in [0, 0.05) is 42.9 Å². The largest absolute Gasteiger partial charge is 1.00 e. The number of hydrogen-bond donors (Lipinski definition) is 2. The predicted molar refractivity (Wildman–Crippen MR) is 117 cm³/mol. The molecule has 3 atom stereocenters. The van der Waals surface area contributed by atoms with Crippen LogP contribution in [0.15, 0.2) is 18.2 Å².